The van der Waals surface area contributed by atoms with Crippen molar-refractivity contribution in [2.45, 2.75) is 330 Å². The molecule has 82 heavy (non-hydrogen) atoms. The Morgan fingerprint density at radius 1 is 0.329 bits per heavy atom. The summed E-state index contributed by atoms with van der Waals surface area (Å²) in [5.41, 5.74) is 0. The van der Waals surface area contributed by atoms with Crippen LogP contribution in [0, 0.1) is 11.8 Å². The zero-order chi connectivity index (χ0) is 60.8. The molecule has 0 aliphatic carbocycles. The number of aliphatic hydroxyl groups excluding tert-OH is 1. The Balaban J connectivity index is 5.17. The lowest BCUT2D eigenvalue weighted by Crippen LogP contribution is -2.30. The van der Waals surface area contributed by atoms with Gasteiger partial charge in [-0.2, -0.15) is 0 Å². The third kappa shape index (κ3) is 57.2. The second-order valence-corrected chi connectivity index (χ2v) is 26.7. The van der Waals surface area contributed by atoms with Crippen molar-refractivity contribution in [2.75, 3.05) is 39.6 Å². The molecule has 0 amide bonds. The summed E-state index contributed by atoms with van der Waals surface area (Å²) in [5.74, 6) is -0.616. The van der Waals surface area contributed by atoms with E-state index in [-0.39, 0.29) is 25.7 Å². The average Bonchev–Trinajstić information content (AvgIpc) is 3.44. The zero-order valence-electron chi connectivity index (χ0n) is 52.8. The van der Waals surface area contributed by atoms with E-state index in [2.05, 4.69) is 41.5 Å². The Labute approximate surface area is 498 Å². The fourth-order valence-electron chi connectivity index (χ4n) is 9.35. The fourth-order valence-corrected chi connectivity index (χ4v) is 10.9. The van der Waals surface area contributed by atoms with Crippen LogP contribution in [0.1, 0.15) is 311 Å². The van der Waals surface area contributed by atoms with Crippen LogP contribution in [-0.2, 0) is 65.4 Å². The van der Waals surface area contributed by atoms with Gasteiger partial charge in [0.05, 0.1) is 26.4 Å². The second-order valence-electron chi connectivity index (χ2n) is 23.7. The summed E-state index contributed by atoms with van der Waals surface area (Å²) < 4.78 is 67.7. The molecule has 0 spiro atoms. The molecule has 0 aromatic carbocycles. The molecule has 3 N–H and O–H groups in total. The van der Waals surface area contributed by atoms with Gasteiger partial charge in [-0.15, -0.1) is 0 Å². The van der Waals surface area contributed by atoms with Crippen molar-refractivity contribution in [3.05, 3.63) is 0 Å². The summed E-state index contributed by atoms with van der Waals surface area (Å²) in [4.78, 5) is 71.9. The molecule has 0 saturated carbocycles. The molecule has 0 fully saturated rings. The van der Waals surface area contributed by atoms with Gasteiger partial charge in [0.1, 0.15) is 19.3 Å². The fraction of sp³-hybridized carbons (Fsp3) is 0.937. The van der Waals surface area contributed by atoms with Crippen molar-refractivity contribution in [3.8, 4) is 0 Å². The molecular weight excluding hydrogens is 1090 g/mol. The number of unbranched alkanes of at least 4 members (excludes halogenated alkanes) is 32. The van der Waals surface area contributed by atoms with Gasteiger partial charge in [0.15, 0.2) is 12.2 Å². The van der Waals surface area contributed by atoms with Crippen LogP contribution in [0.15, 0.2) is 0 Å². The van der Waals surface area contributed by atoms with Gasteiger partial charge < -0.3 is 33.8 Å². The summed E-state index contributed by atoms with van der Waals surface area (Å²) in [7, 11) is -9.87. The van der Waals surface area contributed by atoms with Gasteiger partial charge in [0.25, 0.3) is 0 Å². The van der Waals surface area contributed by atoms with Gasteiger partial charge >= 0.3 is 39.5 Å². The Bertz CT molecular complexity index is 1620. The van der Waals surface area contributed by atoms with E-state index in [4.69, 9.17) is 37.0 Å². The minimum absolute atomic E-state index is 0.105. The molecule has 0 aromatic heterocycles. The van der Waals surface area contributed by atoms with Crippen molar-refractivity contribution in [2.24, 2.45) is 11.8 Å². The van der Waals surface area contributed by atoms with Crippen LogP contribution in [0.4, 0.5) is 0 Å². The third-order valence-corrected chi connectivity index (χ3v) is 16.4. The molecule has 19 heteroatoms. The van der Waals surface area contributed by atoms with Crippen LogP contribution >= 0.6 is 15.6 Å². The summed E-state index contributed by atoms with van der Waals surface area (Å²) in [5, 5.41) is 10.5. The van der Waals surface area contributed by atoms with Crippen LogP contribution in [0.5, 0.6) is 0 Å². The summed E-state index contributed by atoms with van der Waals surface area (Å²) >= 11 is 0. The Kier molecular flexibility index (Phi) is 54.3. The Morgan fingerprint density at radius 3 is 0.829 bits per heavy atom. The number of aliphatic hydroxyl groups is 1. The minimum atomic E-state index is -4.94. The summed E-state index contributed by atoms with van der Waals surface area (Å²) in [6.07, 6.45) is 37.9. The average molecular weight is 1210 g/mol. The first-order valence-corrected chi connectivity index (χ1v) is 36.0. The molecule has 0 aliphatic heterocycles. The number of phosphoric ester groups is 2. The van der Waals surface area contributed by atoms with E-state index >= 15 is 0 Å². The van der Waals surface area contributed by atoms with Crippen molar-refractivity contribution in [1.29, 1.82) is 0 Å². The molecule has 0 radical (unpaired) electrons. The van der Waals surface area contributed by atoms with Crippen LogP contribution in [0.2, 0.25) is 0 Å². The highest BCUT2D eigenvalue weighted by Gasteiger charge is 2.30. The van der Waals surface area contributed by atoms with E-state index in [0.29, 0.717) is 25.7 Å². The summed E-state index contributed by atoms with van der Waals surface area (Å²) in [6, 6.07) is 0. The molecule has 0 bridgehead atoms. The molecule has 0 aliphatic rings. The maximum absolute atomic E-state index is 13.0. The molecule has 0 saturated heterocycles. The minimum Gasteiger partial charge on any atom is -0.462 e. The molecule has 2 unspecified atom stereocenters. The monoisotopic (exact) mass is 1210 g/mol. The van der Waals surface area contributed by atoms with E-state index in [1.807, 2.05) is 0 Å². The molecular formula is C63H122O17P2. The van der Waals surface area contributed by atoms with Gasteiger partial charge in [-0.1, -0.05) is 260 Å². The topological polar surface area (TPSA) is 237 Å². The van der Waals surface area contributed by atoms with Gasteiger partial charge in [0, 0.05) is 25.7 Å². The lowest BCUT2D eigenvalue weighted by Gasteiger charge is -2.21. The molecule has 5 atom stereocenters. The number of hydrogen-bond acceptors (Lipinski definition) is 15. The van der Waals surface area contributed by atoms with Crippen LogP contribution in [0.25, 0.3) is 0 Å². The first-order chi connectivity index (χ1) is 39.4. The maximum Gasteiger partial charge on any atom is 0.472 e. The van der Waals surface area contributed by atoms with E-state index in [1.54, 1.807) is 0 Å². The first-order valence-electron chi connectivity index (χ1n) is 33.0. The lowest BCUT2D eigenvalue weighted by atomic mass is 10.0. The van der Waals surface area contributed by atoms with E-state index in [1.165, 1.54) is 122 Å². The van der Waals surface area contributed by atoms with Gasteiger partial charge in [-0.05, 0) is 37.5 Å². The number of hydrogen-bond donors (Lipinski definition) is 3. The van der Waals surface area contributed by atoms with Crippen LogP contribution in [0.3, 0.4) is 0 Å². The SMILES string of the molecule is CCCCCCCCCCCC(=O)O[C@H](COC(=O)CCCCCCC)COP(=O)(O)OC[C@H](O)COP(=O)(O)OC[C@@H](COC(=O)CCCCCCCCCCCC(C)C)OC(=O)CCCCCCCCCCCCCCCC(C)C. The number of esters is 4. The molecule has 17 nitrogen and oxygen atoms in total. The number of carbonyl (C=O) groups excluding carboxylic acids is 4. The molecule has 0 heterocycles. The molecule has 0 rings (SSSR count). The highest BCUT2D eigenvalue weighted by atomic mass is 31.2. The predicted molar refractivity (Wildman–Crippen MR) is 326 cm³/mol. The van der Waals surface area contributed by atoms with Gasteiger partial charge in [0.2, 0.25) is 0 Å². The number of ether oxygens (including phenoxy) is 4. The standard InChI is InChI=1S/C63H122O17P2/c1-7-9-11-13-14-21-29-35-41-47-62(67)79-58(51-73-60(65)45-39-31-12-10-8-2)53-77-81(69,70)75-49-57(64)50-76-82(71,72)78-54-59(52-74-61(66)46-40-34-28-25-20-23-27-33-38-44-56(5)6)80-63(68)48-42-36-30-24-19-17-15-16-18-22-26-32-37-43-55(3)4/h55-59,64H,7-54H2,1-6H3,(H,69,70)(H,71,72)/t57-,58+,59+/m0/s1. The van der Waals surface area contributed by atoms with Gasteiger partial charge in [-0.25, -0.2) is 9.13 Å². The number of rotatable bonds is 62. The molecule has 486 valence electrons. The zero-order valence-corrected chi connectivity index (χ0v) is 54.6. The quantitative estimate of drug-likeness (QED) is 0.0222. The summed E-state index contributed by atoms with van der Waals surface area (Å²) in [6.45, 7) is 9.38. The highest BCUT2D eigenvalue weighted by molar-refractivity contribution is 7.47. The largest absolute Gasteiger partial charge is 0.472 e. The number of carbonyl (C=O) groups is 4. The van der Waals surface area contributed by atoms with Crippen molar-refractivity contribution in [1.82, 2.24) is 0 Å². The first kappa shape index (κ1) is 80.1. The van der Waals surface area contributed by atoms with E-state index in [9.17, 15) is 43.2 Å². The van der Waals surface area contributed by atoms with Crippen molar-refractivity contribution >= 4 is 39.5 Å². The normalized spacial score (nSPS) is 14.3. The maximum atomic E-state index is 13.0. The van der Waals surface area contributed by atoms with Gasteiger partial charge in [-0.3, -0.25) is 37.3 Å². The lowest BCUT2D eigenvalue weighted by molar-refractivity contribution is -0.161. The van der Waals surface area contributed by atoms with Crippen LogP contribution in [-0.4, -0.2) is 96.7 Å². The molecule has 0 aromatic rings. The van der Waals surface area contributed by atoms with Crippen molar-refractivity contribution in [3.63, 3.8) is 0 Å². The van der Waals surface area contributed by atoms with E-state index < -0.39 is 97.5 Å². The number of phosphoric acid groups is 2. The van der Waals surface area contributed by atoms with Crippen LogP contribution < -0.4 is 0 Å². The Morgan fingerprint density at radius 2 is 0.561 bits per heavy atom. The second kappa shape index (κ2) is 55.6. The third-order valence-electron chi connectivity index (χ3n) is 14.5. The predicted octanol–water partition coefficient (Wildman–Crippen LogP) is 17.3. The Hall–Kier alpha value is -1.94. The van der Waals surface area contributed by atoms with E-state index in [0.717, 1.165) is 108 Å². The highest BCUT2D eigenvalue weighted by Crippen LogP contribution is 2.45. The smallest absolute Gasteiger partial charge is 0.462 e. The van der Waals surface area contributed by atoms with Crippen molar-refractivity contribution < 1.29 is 80.2 Å².